The fraction of sp³-hybridized carbons (Fsp3) is 0.125. The van der Waals surface area contributed by atoms with Gasteiger partial charge in [-0.1, -0.05) is 149 Å². The molecule has 8 aromatic carbocycles. The van der Waals surface area contributed by atoms with Gasteiger partial charge in [0.25, 0.3) is 0 Å². The maximum absolute atomic E-state index is 4.36. The number of hydrogen-bond donors (Lipinski definition) is 0. The number of fused-ring (bicyclic) bond motifs is 2. The normalized spacial score (nSPS) is 13.1. The van der Waals surface area contributed by atoms with Crippen molar-refractivity contribution >= 4 is 71.6 Å². The van der Waals surface area contributed by atoms with E-state index in [0.717, 1.165) is 10.8 Å². The highest BCUT2D eigenvalue weighted by Gasteiger charge is 2.18. The molecule has 48 heavy (non-hydrogen) atoms. The highest BCUT2D eigenvalue weighted by Crippen LogP contribution is 2.42. The maximum Gasteiger partial charge on any atom is -0.00206 e. The smallest absolute Gasteiger partial charge is 0.00206 e. The van der Waals surface area contributed by atoms with Crippen LogP contribution in [0.25, 0.3) is 93.8 Å². The van der Waals surface area contributed by atoms with Gasteiger partial charge in [0, 0.05) is 0 Å². The van der Waals surface area contributed by atoms with Gasteiger partial charge in [0.05, 0.1) is 0 Å². The predicted octanol–water partition coefficient (Wildman–Crippen LogP) is 12.3. The monoisotopic (exact) mass is 616 g/mol. The minimum absolute atomic E-state index is 0.104. The molecule has 8 rings (SSSR count). The fourth-order valence-corrected chi connectivity index (χ4v) is 7.79. The van der Waals surface area contributed by atoms with Crippen LogP contribution >= 0.6 is 0 Å². The SMILES string of the molecule is C=C/C=c1/ccc2c(-c3ccc4cc(-c5ccc6ccc7cc(C(C)(C)C)cc8ccc5c6c78)ccc4c3)ccc(=CC)c2c1C(=C)C. The van der Waals surface area contributed by atoms with E-state index < -0.39 is 0 Å². The third kappa shape index (κ3) is 4.67. The van der Waals surface area contributed by atoms with Gasteiger partial charge >= 0.3 is 0 Å². The molecule has 232 valence electrons. The Hall–Kier alpha value is -5.46. The first-order valence-corrected chi connectivity index (χ1v) is 16.9. The van der Waals surface area contributed by atoms with E-state index >= 15 is 0 Å². The molecule has 0 amide bonds. The molecule has 0 fully saturated rings. The van der Waals surface area contributed by atoms with Gasteiger partial charge in [-0.2, -0.15) is 0 Å². The molecular formula is C48H40. The largest absolute Gasteiger partial charge is 0.0990 e. The lowest BCUT2D eigenvalue weighted by Crippen LogP contribution is -2.14. The fourth-order valence-electron chi connectivity index (χ4n) is 7.79. The van der Waals surface area contributed by atoms with E-state index in [4.69, 9.17) is 0 Å². The van der Waals surface area contributed by atoms with Crippen molar-refractivity contribution in [1.82, 2.24) is 0 Å². The summed E-state index contributed by atoms with van der Waals surface area (Å²) in [5, 5.41) is 15.3. The lowest BCUT2D eigenvalue weighted by molar-refractivity contribution is 0.591. The maximum atomic E-state index is 4.36. The van der Waals surface area contributed by atoms with Crippen molar-refractivity contribution in [1.29, 1.82) is 0 Å². The van der Waals surface area contributed by atoms with Gasteiger partial charge < -0.3 is 0 Å². The van der Waals surface area contributed by atoms with Crippen molar-refractivity contribution in [3.8, 4) is 22.3 Å². The molecule has 0 radical (unpaired) electrons. The average molecular weight is 617 g/mol. The predicted molar refractivity (Wildman–Crippen MR) is 213 cm³/mol. The van der Waals surface area contributed by atoms with Crippen molar-refractivity contribution in [2.75, 3.05) is 0 Å². The Labute approximate surface area is 283 Å². The lowest BCUT2D eigenvalue weighted by atomic mass is 9.82. The van der Waals surface area contributed by atoms with Gasteiger partial charge in [-0.25, -0.2) is 0 Å². The van der Waals surface area contributed by atoms with Crippen molar-refractivity contribution in [3.63, 3.8) is 0 Å². The first kappa shape index (κ1) is 29.9. The van der Waals surface area contributed by atoms with Gasteiger partial charge in [0.1, 0.15) is 0 Å². The second kappa shape index (κ2) is 11.1. The first-order chi connectivity index (χ1) is 23.2. The van der Waals surface area contributed by atoms with Crippen molar-refractivity contribution in [2.24, 2.45) is 0 Å². The molecule has 0 saturated heterocycles. The van der Waals surface area contributed by atoms with E-state index in [-0.39, 0.29) is 5.41 Å². The third-order valence-electron chi connectivity index (χ3n) is 10.2. The standard InChI is InChI=1S/C48H40/c1-8-10-31-19-23-42-40(21-17-30(9-2)46(42)44(31)29(3)4)35-14-12-34-26-36(15-13-33(34)25-35)41-22-18-32-11-16-37-27-39(48(5,6)7)28-38-20-24-43(41)47(32)45(37)38/h8-28H,1,3H2,2,4-7H3/b30-9?,31-10-. The molecule has 0 spiro atoms. The van der Waals surface area contributed by atoms with Crippen LogP contribution in [0.3, 0.4) is 0 Å². The summed E-state index contributed by atoms with van der Waals surface area (Å²) in [6.45, 7) is 19.4. The van der Waals surface area contributed by atoms with Crippen LogP contribution in [0.5, 0.6) is 0 Å². The van der Waals surface area contributed by atoms with Crippen molar-refractivity contribution < 1.29 is 0 Å². The van der Waals surface area contributed by atoms with Crippen LogP contribution in [0.2, 0.25) is 0 Å². The number of hydrogen-bond acceptors (Lipinski definition) is 0. The van der Waals surface area contributed by atoms with Gasteiger partial charge in [-0.15, -0.1) is 0 Å². The summed E-state index contributed by atoms with van der Waals surface area (Å²) < 4.78 is 0. The minimum Gasteiger partial charge on any atom is -0.0990 e. The molecule has 0 heterocycles. The summed E-state index contributed by atoms with van der Waals surface area (Å²) in [7, 11) is 0. The molecule has 0 atom stereocenters. The summed E-state index contributed by atoms with van der Waals surface area (Å²) >= 11 is 0. The number of rotatable bonds is 4. The van der Waals surface area contributed by atoms with Crippen LogP contribution < -0.4 is 10.4 Å². The van der Waals surface area contributed by atoms with Crippen LogP contribution in [0, 0.1) is 0 Å². The Kier molecular flexibility index (Phi) is 6.90. The van der Waals surface area contributed by atoms with E-state index in [1.165, 1.54) is 92.5 Å². The van der Waals surface area contributed by atoms with Crippen LogP contribution in [-0.2, 0) is 5.41 Å². The zero-order valence-corrected chi connectivity index (χ0v) is 28.5. The second-order valence-corrected chi connectivity index (χ2v) is 14.3. The summed E-state index contributed by atoms with van der Waals surface area (Å²) in [6.07, 6.45) is 6.13. The molecule has 0 bridgehead atoms. The lowest BCUT2D eigenvalue weighted by Gasteiger charge is -2.22. The Morgan fingerprint density at radius 2 is 1.08 bits per heavy atom. The molecule has 0 heteroatoms. The topological polar surface area (TPSA) is 0 Å². The molecule has 0 aromatic heterocycles. The van der Waals surface area contributed by atoms with Crippen LogP contribution in [0.4, 0.5) is 0 Å². The van der Waals surface area contributed by atoms with E-state index in [0.29, 0.717) is 0 Å². The summed E-state index contributed by atoms with van der Waals surface area (Å²) in [6, 6.07) is 41.4. The van der Waals surface area contributed by atoms with Gasteiger partial charge in [0.2, 0.25) is 0 Å². The number of allylic oxidation sites excluding steroid dienone is 2. The van der Waals surface area contributed by atoms with Gasteiger partial charge in [0.15, 0.2) is 0 Å². The molecule has 0 nitrogen and oxygen atoms in total. The second-order valence-electron chi connectivity index (χ2n) is 14.3. The zero-order valence-electron chi connectivity index (χ0n) is 28.5. The van der Waals surface area contributed by atoms with Crippen molar-refractivity contribution in [3.05, 3.63) is 150 Å². The Balaban J connectivity index is 1.27. The minimum atomic E-state index is 0.104. The van der Waals surface area contributed by atoms with Crippen LogP contribution in [0.15, 0.2) is 128 Å². The highest BCUT2D eigenvalue weighted by molar-refractivity contribution is 6.25. The van der Waals surface area contributed by atoms with Gasteiger partial charge in [-0.3, -0.25) is 0 Å². The van der Waals surface area contributed by atoms with E-state index in [1.807, 2.05) is 6.08 Å². The molecule has 0 aliphatic heterocycles. The Morgan fingerprint density at radius 1 is 0.562 bits per heavy atom. The first-order valence-electron chi connectivity index (χ1n) is 16.9. The summed E-state index contributed by atoms with van der Waals surface area (Å²) in [5.41, 5.74) is 8.70. The molecule has 0 N–H and O–H groups in total. The molecule has 0 aliphatic carbocycles. The van der Waals surface area contributed by atoms with Crippen LogP contribution in [0.1, 0.15) is 45.7 Å². The molecular weight excluding hydrogens is 577 g/mol. The van der Waals surface area contributed by atoms with E-state index in [2.05, 4.69) is 169 Å². The highest BCUT2D eigenvalue weighted by atomic mass is 14.2. The van der Waals surface area contributed by atoms with E-state index in [9.17, 15) is 0 Å². The zero-order chi connectivity index (χ0) is 33.3. The molecule has 0 unspecified atom stereocenters. The van der Waals surface area contributed by atoms with Crippen LogP contribution in [-0.4, -0.2) is 0 Å². The average Bonchev–Trinajstić information content (AvgIpc) is 3.08. The third-order valence-corrected chi connectivity index (χ3v) is 10.2. The van der Waals surface area contributed by atoms with E-state index in [1.54, 1.807) is 0 Å². The molecule has 0 aliphatic rings. The summed E-state index contributed by atoms with van der Waals surface area (Å²) in [4.78, 5) is 0. The number of benzene rings is 8. The quantitative estimate of drug-likeness (QED) is 0.173. The van der Waals surface area contributed by atoms with Crippen molar-refractivity contribution in [2.45, 2.75) is 40.0 Å². The summed E-state index contributed by atoms with van der Waals surface area (Å²) in [5.74, 6) is 0. The Morgan fingerprint density at radius 3 is 1.69 bits per heavy atom. The van der Waals surface area contributed by atoms with Gasteiger partial charge in [-0.05, 0) is 135 Å². The molecule has 0 saturated carbocycles. The molecule has 8 aromatic rings. The Bertz CT molecular complexity index is 2730.